The SMILES string of the molecule is CCO[C@@H]1c2nc(cs2)-c2ccc3c(c2)c(c(-c2cc(N4CCN(C5CC5)CC4)cnc2[C@H](C)OC)n3CCO[C@@H]2CCOC[C@H]2F)CC(C)(C)COC(=O)[C@@H]2CCCN(N2)C(=O)[C@H]1NC(=O)C1[C@@H](C)[C@H]1C. The van der Waals surface area contributed by atoms with Crippen LogP contribution in [-0.2, 0) is 51.0 Å². The molecule has 2 amide bonds. The van der Waals surface area contributed by atoms with Gasteiger partial charge in [0, 0.05) is 104 Å². The van der Waals surface area contributed by atoms with Crippen molar-refractivity contribution in [1.29, 1.82) is 0 Å². The Morgan fingerprint density at radius 1 is 1.06 bits per heavy atom. The molecule has 2 aliphatic carbocycles. The molecule has 18 heteroatoms. The molecule has 2 saturated carbocycles. The van der Waals surface area contributed by atoms with Gasteiger partial charge >= 0.3 is 5.97 Å². The lowest BCUT2D eigenvalue weighted by atomic mass is 9.84. The van der Waals surface area contributed by atoms with Crippen molar-refractivity contribution in [1.82, 2.24) is 35.2 Å². The van der Waals surface area contributed by atoms with E-state index >= 15 is 4.39 Å². The van der Waals surface area contributed by atoms with Gasteiger partial charge in [0.25, 0.3) is 5.91 Å². The number of aromatic nitrogens is 3. The number of hydrogen-bond donors (Lipinski definition) is 2. The molecule has 2 N–H and O–H groups in total. The first-order chi connectivity index (χ1) is 34.7. The summed E-state index contributed by atoms with van der Waals surface area (Å²) >= 11 is 1.39. The molecular formula is C54H73FN8O8S. The van der Waals surface area contributed by atoms with Gasteiger partial charge in [-0.15, -0.1) is 11.3 Å². The predicted octanol–water partition coefficient (Wildman–Crippen LogP) is 7.05. The van der Waals surface area contributed by atoms with Crippen molar-refractivity contribution in [3.63, 3.8) is 0 Å². The number of alkyl halides is 1. The van der Waals surface area contributed by atoms with Crippen LogP contribution in [0.2, 0.25) is 0 Å². The summed E-state index contributed by atoms with van der Waals surface area (Å²) in [5.41, 5.74) is 9.83. The Hall–Kier alpha value is -4.56. The number of pyridine rings is 1. The van der Waals surface area contributed by atoms with Gasteiger partial charge in [-0.1, -0.05) is 33.8 Å². The third kappa shape index (κ3) is 10.6. The van der Waals surface area contributed by atoms with Crippen LogP contribution >= 0.6 is 11.3 Å². The molecule has 5 fully saturated rings. The van der Waals surface area contributed by atoms with Crippen LogP contribution in [0.5, 0.6) is 0 Å². The van der Waals surface area contributed by atoms with Crippen molar-refractivity contribution in [2.75, 3.05) is 77.8 Å². The number of amides is 2. The molecule has 16 nitrogen and oxygen atoms in total. The van der Waals surface area contributed by atoms with Crippen molar-refractivity contribution in [2.24, 2.45) is 23.2 Å². The fourth-order valence-corrected chi connectivity index (χ4v) is 12.3. The number of fused-ring (bicyclic) bond motifs is 6. The number of esters is 1. The van der Waals surface area contributed by atoms with E-state index < -0.39 is 47.8 Å². The second-order valence-corrected chi connectivity index (χ2v) is 22.6. The highest BCUT2D eigenvalue weighted by Crippen LogP contribution is 2.46. The highest BCUT2D eigenvalue weighted by Gasteiger charge is 2.50. The van der Waals surface area contributed by atoms with Gasteiger partial charge in [-0.05, 0) is 88.0 Å². The number of cyclic esters (lactones) is 1. The number of nitrogens with zero attached hydrogens (tertiary/aromatic N) is 6. The Balaban J connectivity index is 1.12. The van der Waals surface area contributed by atoms with Gasteiger partial charge in [0.2, 0.25) is 5.91 Å². The van der Waals surface area contributed by atoms with Gasteiger partial charge in [0.05, 0.1) is 61.0 Å². The Morgan fingerprint density at radius 2 is 1.85 bits per heavy atom. The first kappa shape index (κ1) is 50.9. The molecule has 390 valence electrons. The lowest BCUT2D eigenvalue weighted by Crippen LogP contribution is -2.61. The van der Waals surface area contributed by atoms with Crippen LogP contribution in [0.4, 0.5) is 10.1 Å². The standard InChI is InChI=1S/C54H73FN8O8S/c1-8-69-49-47(58-50(64)45-31(2)32(45)3)52(65)63-16-9-10-41(59-63)53(66)71-30-54(5,6)26-39-37-24-34(42-29-72-51(49)57-42)11-14-43(37)62(21-23-70-44-15-22-68-28-40(44)55)48(39)38-25-36(27-56-46(38)33(4)67-7)61-19-17-60(18-20-61)35-12-13-35/h11,14,24-25,27,29,31-33,35,40-41,44-45,47,49,59H,8-10,12-13,15-23,26,28,30H2,1-7H3,(H,58,64)/t31-,32+,33-,40+,41-,44+,45?,47-,49-/m0/s1. The number of benzene rings is 1. The molecule has 1 aromatic carbocycles. The largest absolute Gasteiger partial charge is 0.464 e. The number of anilines is 1. The minimum absolute atomic E-state index is 0.0178. The van der Waals surface area contributed by atoms with E-state index in [4.69, 9.17) is 33.7 Å². The van der Waals surface area contributed by atoms with Crippen molar-refractivity contribution in [2.45, 2.75) is 129 Å². The fourth-order valence-electron chi connectivity index (χ4n) is 11.4. The highest BCUT2D eigenvalue weighted by molar-refractivity contribution is 7.10. The lowest BCUT2D eigenvalue weighted by Gasteiger charge is -2.37. The van der Waals surface area contributed by atoms with Crippen LogP contribution in [0.15, 0.2) is 35.8 Å². The van der Waals surface area contributed by atoms with Gasteiger partial charge in [-0.3, -0.25) is 29.3 Å². The monoisotopic (exact) mass is 1010 g/mol. The van der Waals surface area contributed by atoms with Crippen LogP contribution in [0.25, 0.3) is 33.4 Å². The zero-order valence-corrected chi connectivity index (χ0v) is 43.8. The highest BCUT2D eigenvalue weighted by atomic mass is 32.1. The number of carbonyl (C=O) groups is 3. The number of methoxy groups -OCH3 is 1. The number of nitrogens with one attached hydrogen (secondary N) is 2. The number of rotatable bonds is 13. The maximum atomic E-state index is 15.2. The molecule has 10 rings (SSSR count). The van der Waals surface area contributed by atoms with Crippen molar-refractivity contribution in [3.8, 4) is 22.5 Å². The molecular weight excluding hydrogens is 940 g/mol. The maximum Gasteiger partial charge on any atom is 0.324 e. The number of piperazine rings is 1. The van der Waals surface area contributed by atoms with Gasteiger partial charge in [0.15, 0.2) is 0 Å². The number of carbonyl (C=O) groups excluding carboxylic acids is 3. The number of ether oxygens (including phenoxy) is 5. The van der Waals surface area contributed by atoms with Gasteiger partial charge < -0.3 is 38.5 Å². The normalized spacial score (nSPS) is 28.7. The predicted molar refractivity (Wildman–Crippen MR) is 273 cm³/mol. The van der Waals surface area contributed by atoms with Gasteiger partial charge in [-0.25, -0.2) is 14.8 Å². The molecule has 7 heterocycles. The van der Waals surface area contributed by atoms with E-state index in [0.717, 1.165) is 70.8 Å². The summed E-state index contributed by atoms with van der Waals surface area (Å²) in [5, 5.41) is 8.07. The maximum absolute atomic E-state index is 15.2. The van der Waals surface area contributed by atoms with Crippen LogP contribution in [0.3, 0.4) is 0 Å². The van der Waals surface area contributed by atoms with Crippen LogP contribution in [0.1, 0.15) is 102 Å². The Morgan fingerprint density at radius 3 is 2.57 bits per heavy atom. The molecule has 9 atom stereocenters. The first-order valence-corrected chi connectivity index (χ1v) is 27.2. The van der Waals surface area contributed by atoms with E-state index in [0.29, 0.717) is 62.1 Å². The molecule has 4 aromatic rings. The third-order valence-corrected chi connectivity index (χ3v) is 17.0. The van der Waals surface area contributed by atoms with E-state index in [1.54, 1.807) is 7.11 Å². The van der Waals surface area contributed by atoms with Crippen LogP contribution < -0.4 is 15.6 Å². The molecule has 4 aliphatic heterocycles. The molecule has 6 aliphatic rings. The van der Waals surface area contributed by atoms with E-state index in [2.05, 4.69) is 63.2 Å². The lowest BCUT2D eigenvalue weighted by molar-refractivity contribution is -0.156. The average molecular weight is 1010 g/mol. The van der Waals surface area contributed by atoms with Crippen molar-refractivity contribution < 1.29 is 42.5 Å². The quantitative estimate of drug-likeness (QED) is 0.131. The summed E-state index contributed by atoms with van der Waals surface area (Å²) in [6, 6.07) is 7.43. The zero-order chi connectivity index (χ0) is 50.4. The van der Waals surface area contributed by atoms with Gasteiger partial charge in [-0.2, -0.15) is 0 Å². The molecule has 1 unspecified atom stereocenters. The zero-order valence-electron chi connectivity index (χ0n) is 43.0. The summed E-state index contributed by atoms with van der Waals surface area (Å²) in [5.74, 6) is -0.899. The van der Waals surface area contributed by atoms with Gasteiger partial charge in [0.1, 0.15) is 29.4 Å². The molecule has 3 saturated heterocycles. The summed E-state index contributed by atoms with van der Waals surface area (Å²) in [4.78, 5) is 58.3. The molecule has 0 radical (unpaired) electrons. The van der Waals surface area contributed by atoms with Crippen molar-refractivity contribution >= 4 is 45.7 Å². The Labute approximate surface area is 426 Å². The number of hydrogen-bond acceptors (Lipinski definition) is 14. The van der Waals surface area contributed by atoms with E-state index in [1.807, 2.05) is 39.3 Å². The average Bonchev–Trinajstić information content (AvgIpc) is 4.25. The van der Waals surface area contributed by atoms with Crippen LogP contribution in [-0.4, -0.2) is 145 Å². The molecule has 3 aromatic heterocycles. The minimum Gasteiger partial charge on any atom is -0.464 e. The minimum atomic E-state index is -1.21. The Kier molecular flexibility index (Phi) is 15.1. The van der Waals surface area contributed by atoms with E-state index in [1.165, 1.54) is 29.2 Å². The van der Waals surface area contributed by atoms with Crippen molar-refractivity contribution in [3.05, 3.63) is 52.1 Å². The van der Waals surface area contributed by atoms with E-state index in [-0.39, 0.29) is 56.2 Å². The fraction of sp³-hybridized carbons (Fsp3) is 0.648. The number of hydrazine groups is 1. The summed E-state index contributed by atoms with van der Waals surface area (Å²) < 4.78 is 48.0. The Bertz CT molecular complexity index is 2610. The smallest absolute Gasteiger partial charge is 0.324 e. The third-order valence-electron chi connectivity index (χ3n) is 16.1. The summed E-state index contributed by atoms with van der Waals surface area (Å²) in [6.45, 7) is 17.8. The molecule has 72 heavy (non-hydrogen) atoms. The molecule has 6 bridgehead atoms. The summed E-state index contributed by atoms with van der Waals surface area (Å²) in [6.07, 6.45) is 3.48. The second kappa shape index (κ2) is 21.4. The first-order valence-electron chi connectivity index (χ1n) is 26.4. The van der Waals surface area contributed by atoms with E-state index in [9.17, 15) is 14.4 Å². The number of thiazole rings is 1. The second-order valence-electron chi connectivity index (χ2n) is 21.7. The topological polar surface area (TPSA) is 162 Å². The summed E-state index contributed by atoms with van der Waals surface area (Å²) in [7, 11) is 1.70. The van der Waals surface area contributed by atoms with Crippen LogP contribution in [0, 0.1) is 23.2 Å². The number of halogens is 1. The molecule has 0 spiro atoms.